The first-order valence-electron chi connectivity index (χ1n) is 7.73. The van der Waals surface area contributed by atoms with E-state index >= 15 is 0 Å². The van der Waals surface area contributed by atoms with Gasteiger partial charge in [0.2, 0.25) is 17.7 Å². The van der Waals surface area contributed by atoms with Crippen molar-refractivity contribution in [1.29, 1.82) is 0 Å². The third-order valence-corrected chi connectivity index (χ3v) is 5.71. The lowest BCUT2D eigenvalue weighted by Gasteiger charge is -2.15. The molecule has 2 aromatic carbocycles. The van der Waals surface area contributed by atoms with Gasteiger partial charge in [-0.2, -0.15) is 0 Å². The molecule has 0 aliphatic carbocycles. The maximum absolute atomic E-state index is 12.5. The predicted octanol–water partition coefficient (Wildman–Crippen LogP) is 4.11. The molecule has 0 unspecified atom stereocenters. The van der Waals surface area contributed by atoms with Crippen molar-refractivity contribution in [3.8, 4) is 0 Å². The van der Waals surface area contributed by atoms with Crippen molar-refractivity contribution >= 4 is 68.4 Å². The zero-order valence-electron chi connectivity index (χ0n) is 13.4. The smallest absolute Gasteiger partial charge is 0.247 e. The first-order valence-corrected chi connectivity index (χ1v) is 9.95. The number of nitrogens with zero attached hydrogens (tertiary/aromatic N) is 1. The third-order valence-electron chi connectivity index (χ3n) is 3.73. The molecule has 1 fully saturated rings. The molecule has 3 rings (SSSR count). The average molecular weight is 454 g/mol. The van der Waals surface area contributed by atoms with Crippen LogP contribution in [0.2, 0.25) is 5.02 Å². The van der Waals surface area contributed by atoms with Crippen molar-refractivity contribution in [2.45, 2.75) is 11.7 Å². The Bertz CT molecular complexity index is 843. The molecule has 3 amide bonds. The number of halogens is 2. The molecule has 1 saturated heterocycles. The minimum absolute atomic E-state index is 0.0838. The van der Waals surface area contributed by atoms with E-state index < -0.39 is 5.25 Å². The second kappa shape index (κ2) is 8.24. The molecule has 5 nitrogen and oxygen atoms in total. The number of hydrogen-bond acceptors (Lipinski definition) is 4. The summed E-state index contributed by atoms with van der Waals surface area (Å²) in [6, 6.07) is 13.7. The standard InChI is InChI=1S/C18H14BrClN2O3S/c19-11-1-7-14(8-2-11)22-17(24)9-15(18(22)25)26-10-16(23)21-13-5-3-12(20)4-6-13/h1-8,15H,9-10H2,(H,21,23)/t15-/m1/s1. The summed E-state index contributed by atoms with van der Waals surface area (Å²) in [7, 11) is 0. The highest BCUT2D eigenvalue weighted by atomic mass is 79.9. The minimum atomic E-state index is -0.554. The van der Waals surface area contributed by atoms with E-state index in [0.29, 0.717) is 16.4 Å². The SMILES string of the molecule is O=C(CS[C@@H]1CC(=O)N(c2ccc(Br)cc2)C1=O)Nc1ccc(Cl)cc1. The van der Waals surface area contributed by atoms with Gasteiger partial charge in [-0.15, -0.1) is 11.8 Å². The third kappa shape index (κ3) is 4.47. The molecule has 0 radical (unpaired) electrons. The minimum Gasteiger partial charge on any atom is -0.325 e. The van der Waals surface area contributed by atoms with E-state index in [1.807, 2.05) is 0 Å². The van der Waals surface area contributed by atoms with Crippen LogP contribution in [0.5, 0.6) is 0 Å². The lowest BCUT2D eigenvalue weighted by Crippen LogP contribution is -2.31. The summed E-state index contributed by atoms with van der Waals surface area (Å²) >= 11 is 10.3. The van der Waals surface area contributed by atoms with Crippen LogP contribution in [0.3, 0.4) is 0 Å². The van der Waals surface area contributed by atoms with Crippen LogP contribution in [0.4, 0.5) is 11.4 Å². The number of rotatable bonds is 5. The van der Waals surface area contributed by atoms with Crippen molar-refractivity contribution in [3.63, 3.8) is 0 Å². The van der Waals surface area contributed by atoms with Crippen molar-refractivity contribution < 1.29 is 14.4 Å². The maximum atomic E-state index is 12.5. The first-order chi connectivity index (χ1) is 12.4. The molecule has 26 heavy (non-hydrogen) atoms. The highest BCUT2D eigenvalue weighted by molar-refractivity contribution is 9.10. The molecule has 134 valence electrons. The van der Waals surface area contributed by atoms with Gasteiger partial charge in [0.15, 0.2) is 0 Å². The lowest BCUT2D eigenvalue weighted by molar-refractivity contribution is -0.121. The van der Waals surface area contributed by atoms with Crippen LogP contribution >= 0.6 is 39.3 Å². The molecule has 1 aliphatic heterocycles. The van der Waals surface area contributed by atoms with Gasteiger partial charge in [0.05, 0.1) is 16.7 Å². The fourth-order valence-electron chi connectivity index (χ4n) is 2.50. The Morgan fingerprint density at radius 3 is 2.46 bits per heavy atom. The summed E-state index contributed by atoms with van der Waals surface area (Å²) in [5.74, 6) is -0.699. The molecule has 0 spiro atoms. The molecular formula is C18H14BrClN2O3S. The summed E-state index contributed by atoms with van der Waals surface area (Å²) in [6.07, 6.45) is 0.0911. The number of imide groups is 1. The van der Waals surface area contributed by atoms with Gasteiger partial charge < -0.3 is 5.32 Å². The summed E-state index contributed by atoms with van der Waals surface area (Å²) in [4.78, 5) is 38.0. The Balaban J connectivity index is 1.57. The van der Waals surface area contributed by atoms with Gasteiger partial charge in [-0.05, 0) is 48.5 Å². The molecule has 0 aromatic heterocycles. The molecule has 0 bridgehead atoms. The van der Waals surface area contributed by atoms with Gasteiger partial charge in [0, 0.05) is 21.6 Å². The van der Waals surface area contributed by atoms with Gasteiger partial charge in [0.25, 0.3) is 0 Å². The van der Waals surface area contributed by atoms with Crippen LogP contribution in [0.15, 0.2) is 53.0 Å². The van der Waals surface area contributed by atoms with E-state index in [0.717, 1.165) is 4.47 Å². The summed E-state index contributed by atoms with van der Waals surface area (Å²) in [6.45, 7) is 0. The fourth-order valence-corrected chi connectivity index (χ4v) is 3.83. The predicted molar refractivity (Wildman–Crippen MR) is 108 cm³/mol. The molecule has 1 atom stereocenters. The molecule has 1 heterocycles. The number of thioether (sulfide) groups is 1. The van der Waals surface area contributed by atoms with Crippen molar-refractivity contribution in [2.24, 2.45) is 0 Å². The van der Waals surface area contributed by atoms with E-state index in [1.165, 1.54) is 16.7 Å². The largest absolute Gasteiger partial charge is 0.325 e. The number of carbonyl (C=O) groups is 3. The Morgan fingerprint density at radius 1 is 1.15 bits per heavy atom. The van der Waals surface area contributed by atoms with Crippen LogP contribution in [-0.2, 0) is 14.4 Å². The van der Waals surface area contributed by atoms with Crippen molar-refractivity contribution in [3.05, 3.63) is 58.0 Å². The Labute approximate surface area is 168 Å². The molecule has 0 saturated carbocycles. The first kappa shape index (κ1) is 18.9. The van der Waals surface area contributed by atoms with Crippen LogP contribution in [0.1, 0.15) is 6.42 Å². The maximum Gasteiger partial charge on any atom is 0.247 e. The van der Waals surface area contributed by atoms with E-state index in [4.69, 9.17) is 11.6 Å². The van der Waals surface area contributed by atoms with Crippen LogP contribution in [0, 0.1) is 0 Å². The Kier molecular flexibility index (Phi) is 6.01. The summed E-state index contributed by atoms with van der Waals surface area (Å²) < 4.78 is 0.866. The Hall–Kier alpha value is -1.83. The van der Waals surface area contributed by atoms with E-state index in [1.54, 1.807) is 48.5 Å². The van der Waals surface area contributed by atoms with Gasteiger partial charge >= 0.3 is 0 Å². The molecule has 2 aromatic rings. The zero-order chi connectivity index (χ0) is 18.7. The normalized spacial score (nSPS) is 16.8. The van der Waals surface area contributed by atoms with E-state index in [-0.39, 0.29) is 29.9 Å². The van der Waals surface area contributed by atoms with Gasteiger partial charge in [0.1, 0.15) is 0 Å². The lowest BCUT2D eigenvalue weighted by atomic mass is 10.3. The van der Waals surface area contributed by atoms with Crippen LogP contribution in [0.25, 0.3) is 0 Å². The van der Waals surface area contributed by atoms with Crippen molar-refractivity contribution in [1.82, 2.24) is 0 Å². The number of hydrogen-bond donors (Lipinski definition) is 1. The number of amides is 3. The average Bonchev–Trinajstić information content (AvgIpc) is 2.90. The monoisotopic (exact) mass is 452 g/mol. The van der Waals surface area contributed by atoms with Gasteiger partial charge in [-0.25, -0.2) is 4.90 Å². The molecular weight excluding hydrogens is 440 g/mol. The van der Waals surface area contributed by atoms with E-state index in [9.17, 15) is 14.4 Å². The highest BCUT2D eigenvalue weighted by Gasteiger charge is 2.40. The number of benzene rings is 2. The van der Waals surface area contributed by atoms with Crippen LogP contribution < -0.4 is 10.2 Å². The number of anilines is 2. The van der Waals surface area contributed by atoms with Crippen molar-refractivity contribution in [2.75, 3.05) is 16.0 Å². The van der Waals surface area contributed by atoms with Gasteiger partial charge in [-0.1, -0.05) is 27.5 Å². The van der Waals surface area contributed by atoms with Crippen LogP contribution in [-0.4, -0.2) is 28.7 Å². The molecule has 8 heteroatoms. The highest BCUT2D eigenvalue weighted by Crippen LogP contribution is 2.30. The molecule has 1 N–H and O–H groups in total. The Morgan fingerprint density at radius 2 is 1.81 bits per heavy atom. The number of nitrogens with one attached hydrogen (secondary N) is 1. The topological polar surface area (TPSA) is 66.5 Å². The number of carbonyl (C=O) groups excluding carboxylic acids is 3. The summed E-state index contributed by atoms with van der Waals surface area (Å²) in [5.41, 5.74) is 1.17. The second-order valence-electron chi connectivity index (χ2n) is 5.60. The fraction of sp³-hybridized carbons (Fsp3) is 0.167. The molecule has 1 aliphatic rings. The summed E-state index contributed by atoms with van der Waals surface area (Å²) in [5, 5.41) is 2.76. The van der Waals surface area contributed by atoms with E-state index in [2.05, 4.69) is 21.2 Å². The zero-order valence-corrected chi connectivity index (χ0v) is 16.6. The van der Waals surface area contributed by atoms with Gasteiger partial charge in [-0.3, -0.25) is 14.4 Å². The quantitative estimate of drug-likeness (QED) is 0.692. The second-order valence-corrected chi connectivity index (χ2v) is 8.15.